The molecule has 5 heteroatoms. The fourth-order valence-electron chi connectivity index (χ4n) is 2.79. The van der Waals surface area contributed by atoms with E-state index in [0.29, 0.717) is 18.3 Å². The van der Waals surface area contributed by atoms with Gasteiger partial charge in [-0.05, 0) is 37.5 Å². The maximum Gasteiger partial charge on any atom is 0.326 e. The van der Waals surface area contributed by atoms with Crippen LogP contribution < -0.4 is 10.6 Å². The van der Waals surface area contributed by atoms with Crippen molar-refractivity contribution in [3.8, 4) is 0 Å². The number of nitrogens with one attached hydrogen (secondary N) is 2. The molecule has 0 spiro atoms. The van der Waals surface area contributed by atoms with E-state index in [1.165, 1.54) is 6.42 Å². The molecule has 0 heterocycles. The van der Waals surface area contributed by atoms with Gasteiger partial charge in [0.15, 0.2) is 0 Å². The lowest BCUT2D eigenvalue weighted by atomic mass is 9.80. The fraction of sp³-hybridized carbons (Fsp3) is 0.846. The second kappa shape index (κ2) is 6.61. The quantitative estimate of drug-likeness (QED) is 0.719. The largest absolute Gasteiger partial charge is 0.480 e. The summed E-state index contributed by atoms with van der Waals surface area (Å²) in [7, 11) is 0. The van der Waals surface area contributed by atoms with Crippen LogP contribution in [0.25, 0.3) is 0 Å². The average Bonchev–Trinajstić information content (AvgIpc) is 2.23. The summed E-state index contributed by atoms with van der Waals surface area (Å²) in [6.07, 6.45) is 3.54. The van der Waals surface area contributed by atoms with Crippen LogP contribution in [0.4, 0.5) is 4.79 Å². The molecule has 104 valence electrons. The lowest BCUT2D eigenvalue weighted by Crippen LogP contribution is -2.50. The number of hydrogen-bond acceptors (Lipinski definition) is 2. The molecule has 0 saturated heterocycles. The third-order valence-corrected chi connectivity index (χ3v) is 3.53. The Morgan fingerprint density at radius 1 is 1.22 bits per heavy atom. The van der Waals surface area contributed by atoms with Crippen molar-refractivity contribution in [3.63, 3.8) is 0 Å². The first-order chi connectivity index (χ1) is 8.42. The number of hydrogen-bond donors (Lipinski definition) is 3. The SMILES string of the molecule is CC[C@H](NC(=O)NC1CC(C)CC(C)C1)C(=O)O. The second-order valence-corrected chi connectivity index (χ2v) is 5.53. The van der Waals surface area contributed by atoms with Crippen molar-refractivity contribution < 1.29 is 14.7 Å². The molecule has 0 bridgehead atoms. The van der Waals surface area contributed by atoms with Gasteiger partial charge in [0.25, 0.3) is 0 Å². The van der Waals surface area contributed by atoms with Crippen molar-refractivity contribution in [2.45, 2.75) is 58.5 Å². The third kappa shape index (κ3) is 4.55. The molecule has 0 aromatic heterocycles. The molecule has 18 heavy (non-hydrogen) atoms. The number of carbonyl (C=O) groups is 2. The molecule has 0 radical (unpaired) electrons. The lowest BCUT2D eigenvalue weighted by molar-refractivity contribution is -0.139. The predicted octanol–water partition coefficient (Wildman–Crippen LogP) is 1.97. The minimum Gasteiger partial charge on any atom is -0.480 e. The van der Waals surface area contributed by atoms with E-state index in [4.69, 9.17) is 5.11 Å². The van der Waals surface area contributed by atoms with Gasteiger partial charge in [0, 0.05) is 6.04 Å². The number of urea groups is 1. The smallest absolute Gasteiger partial charge is 0.326 e. The Labute approximate surface area is 108 Å². The van der Waals surface area contributed by atoms with E-state index in [1.54, 1.807) is 6.92 Å². The van der Waals surface area contributed by atoms with Gasteiger partial charge in [-0.25, -0.2) is 9.59 Å². The summed E-state index contributed by atoms with van der Waals surface area (Å²) in [5.74, 6) is 0.235. The molecule has 1 aliphatic rings. The Morgan fingerprint density at radius 3 is 2.22 bits per heavy atom. The molecule has 5 nitrogen and oxygen atoms in total. The molecule has 0 aromatic carbocycles. The molecule has 2 unspecified atom stereocenters. The topological polar surface area (TPSA) is 78.4 Å². The maximum absolute atomic E-state index is 11.7. The molecule has 3 atom stereocenters. The minimum atomic E-state index is -0.988. The summed E-state index contributed by atoms with van der Waals surface area (Å²) >= 11 is 0. The number of aliphatic carboxylic acids is 1. The Hall–Kier alpha value is -1.26. The van der Waals surface area contributed by atoms with Crippen LogP contribution in [0.15, 0.2) is 0 Å². The summed E-state index contributed by atoms with van der Waals surface area (Å²) < 4.78 is 0. The fourth-order valence-corrected chi connectivity index (χ4v) is 2.79. The highest BCUT2D eigenvalue weighted by atomic mass is 16.4. The van der Waals surface area contributed by atoms with E-state index in [9.17, 15) is 9.59 Å². The Kier molecular flexibility index (Phi) is 5.44. The van der Waals surface area contributed by atoms with Gasteiger partial charge in [0.1, 0.15) is 6.04 Å². The van der Waals surface area contributed by atoms with E-state index >= 15 is 0 Å². The minimum absolute atomic E-state index is 0.162. The van der Waals surface area contributed by atoms with Gasteiger partial charge in [0.2, 0.25) is 0 Å². The van der Waals surface area contributed by atoms with Crippen LogP contribution in [0, 0.1) is 11.8 Å². The molecular weight excluding hydrogens is 232 g/mol. The number of carboxylic acids is 1. The number of rotatable bonds is 4. The van der Waals surface area contributed by atoms with Crippen LogP contribution in [0.2, 0.25) is 0 Å². The monoisotopic (exact) mass is 256 g/mol. The van der Waals surface area contributed by atoms with E-state index in [-0.39, 0.29) is 12.1 Å². The van der Waals surface area contributed by atoms with Crippen LogP contribution in [-0.2, 0) is 4.79 Å². The van der Waals surface area contributed by atoms with Crippen molar-refractivity contribution in [1.82, 2.24) is 10.6 Å². The first kappa shape index (κ1) is 14.8. The molecule has 1 aliphatic carbocycles. The number of carboxylic acid groups (broad SMARTS) is 1. The molecule has 1 saturated carbocycles. The van der Waals surface area contributed by atoms with E-state index in [0.717, 1.165) is 12.8 Å². The molecule has 0 aromatic rings. The van der Waals surface area contributed by atoms with Crippen LogP contribution >= 0.6 is 0 Å². The second-order valence-electron chi connectivity index (χ2n) is 5.53. The molecule has 0 aliphatic heterocycles. The summed E-state index contributed by atoms with van der Waals surface area (Å²) in [6, 6.07) is -1.01. The zero-order valence-electron chi connectivity index (χ0n) is 11.4. The molecule has 1 rings (SSSR count). The van der Waals surface area contributed by atoms with Gasteiger partial charge in [0.05, 0.1) is 0 Å². The predicted molar refractivity (Wildman–Crippen MR) is 69.3 cm³/mol. The Morgan fingerprint density at radius 2 is 1.78 bits per heavy atom. The molecule has 2 amide bonds. The van der Waals surface area contributed by atoms with Gasteiger partial charge in [-0.1, -0.05) is 20.8 Å². The summed E-state index contributed by atoms with van der Waals surface area (Å²) in [5.41, 5.74) is 0. The first-order valence-electron chi connectivity index (χ1n) is 6.72. The van der Waals surface area contributed by atoms with Gasteiger partial charge < -0.3 is 15.7 Å². The van der Waals surface area contributed by atoms with Gasteiger partial charge in [-0.2, -0.15) is 0 Å². The van der Waals surface area contributed by atoms with Gasteiger partial charge >= 0.3 is 12.0 Å². The van der Waals surface area contributed by atoms with Gasteiger partial charge in [-0.3, -0.25) is 0 Å². The number of amides is 2. The van der Waals surface area contributed by atoms with Gasteiger partial charge in [-0.15, -0.1) is 0 Å². The maximum atomic E-state index is 11.7. The Bertz CT molecular complexity index is 297. The number of carbonyl (C=O) groups excluding carboxylic acids is 1. The molecule has 3 N–H and O–H groups in total. The summed E-state index contributed by atoms with van der Waals surface area (Å²) in [5, 5.41) is 14.2. The van der Waals surface area contributed by atoms with Crippen molar-refractivity contribution >= 4 is 12.0 Å². The average molecular weight is 256 g/mol. The zero-order chi connectivity index (χ0) is 13.7. The van der Waals surface area contributed by atoms with Crippen molar-refractivity contribution in [2.75, 3.05) is 0 Å². The standard InChI is InChI=1S/C13H24N2O3/c1-4-11(12(16)17)15-13(18)14-10-6-8(2)5-9(3)7-10/h8-11H,4-7H2,1-3H3,(H,16,17)(H2,14,15,18)/t8?,9?,10?,11-/m0/s1. The van der Waals surface area contributed by atoms with Crippen molar-refractivity contribution in [1.29, 1.82) is 0 Å². The van der Waals surface area contributed by atoms with Crippen LogP contribution in [0.5, 0.6) is 0 Å². The van der Waals surface area contributed by atoms with Crippen LogP contribution in [0.1, 0.15) is 46.5 Å². The van der Waals surface area contributed by atoms with Crippen molar-refractivity contribution in [2.24, 2.45) is 11.8 Å². The lowest BCUT2D eigenvalue weighted by Gasteiger charge is -2.32. The molecule has 1 fully saturated rings. The van der Waals surface area contributed by atoms with E-state index < -0.39 is 12.0 Å². The molecular formula is C13H24N2O3. The summed E-state index contributed by atoms with van der Waals surface area (Å²) in [4.78, 5) is 22.5. The Balaban J connectivity index is 2.42. The van der Waals surface area contributed by atoms with Crippen LogP contribution in [-0.4, -0.2) is 29.2 Å². The highest BCUT2D eigenvalue weighted by Gasteiger charge is 2.26. The van der Waals surface area contributed by atoms with Crippen molar-refractivity contribution in [3.05, 3.63) is 0 Å². The summed E-state index contributed by atoms with van der Waals surface area (Å²) in [6.45, 7) is 6.12. The third-order valence-electron chi connectivity index (χ3n) is 3.53. The normalized spacial score (nSPS) is 29.4. The van der Waals surface area contributed by atoms with Crippen LogP contribution in [0.3, 0.4) is 0 Å². The zero-order valence-corrected chi connectivity index (χ0v) is 11.4. The van der Waals surface area contributed by atoms with E-state index in [1.807, 2.05) is 0 Å². The van der Waals surface area contributed by atoms with E-state index in [2.05, 4.69) is 24.5 Å². The highest BCUT2D eigenvalue weighted by molar-refractivity contribution is 5.82. The highest BCUT2D eigenvalue weighted by Crippen LogP contribution is 2.28. The first-order valence-corrected chi connectivity index (χ1v) is 6.72.